The molecule has 32 heavy (non-hydrogen) atoms. The Balaban J connectivity index is 1.26. The number of carbonyl (C=O) groups is 1. The molecule has 0 bridgehead atoms. The van der Waals surface area contributed by atoms with Crippen molar-refractivity contribution in [2.75, 3.05) is 44.2 Å². The van der Waals surface area contributed by atoms with E-state index in [-0.39, 0.29) is 11.9 Å². The van der Waals surface area contributed by atoms with Gasteiger partial charge in [0.2, 0.25) is 5.91 Å². The van der Waals surface area contributed by atoms with Gasteiger partial charge in [0.15, 0.2) is 5.76 Å². The average Bonchev–Trinajstić information content (AvgIpc) is 3.22. The van der Waals surface area contributed by atoms with Gasteiger partial charge in [0.25, 0.3) is 0 Å². The van der Waals surface area contributed by atoms with Gasteiger partial charge >= 0.3 is 0 Å². The second kappa shape index (κ2) is 11.0. The zero-order valence-corrected chi connectivity index (χ0v) is 19.4. The third kappa shape index (κ3) is 6.33. The summed E-state index contributed by atoms with van der Waals surface area (Å²) in [6.45, 7) is 10.8. The van der Waals surface area contributed by atoms with Crippen LogP contribution in [-0.4, -0.2) is 61.3 Å². The van der Waals surface area contributed by atoms with Crippen molar-refractivity contribution >= 4 is 11.6 Å². The highest BCUT2D eigenvalue weighted by molar-refractivity contribution is 5.76. The van der Waals surface area contributed by atoms with Gasteiger partial charge in [0.1, 0.15) is 0 Å². The number of aromatic nitrogens is 1. The lowest BCUT2D eigenvalue weighted by molar-refractivity contribution is -0.123. The molecule has 0 radical (unpaired) electrons. The Morgan fingerprint density at radius 1 is 1.19 bits per heavy atom. The van der Waals surface area contributed by atoms with Crippen LogP contribution in [0.2, 0.25) is 0 Å². The van der Waals surface area contributed by atoms with Gasteiger partial charge in [0.05, 0.1) is 12.2 Å². The largest absolute Gasteiger partial charge is 0.369 e. The number of piperidine rings is 1. The summed E-state index contributed by atoms with van der Waals surface area (Å²) in [5, 5.41) is 10.9. The van der Waals surface area contributed by atoms with Crippen molar-refractivity contribution in [2.45, 2.75) is 45.7 Å². The molecule has 2 saturated heterocycles. The minimum Gasteiger partial charge on any atom is -0.369 e. The Morgan fingerprint density at radius 2 is 1.97 bits per heavy atom. The summed E-state index contributed by atoms with van der Waals surface area (Å²) in [7, 11) is 0. The van der Waals surface area contributed by atoms with E-state index in [1.807, 2.05) is 13.8 Å². The van der Waals surface area contributed by atoms with Crippen LogP contribution < -0.4 is 15.5 Å². The quantitative estimate of drug-likeness (QED) is 0.659. The van der Waals surface area contributed by atoms with Crippen LogP contribution in [0.4, 0.5) is 5.69 Å². The smallest absolute Gasteiger partial charge is 0.220 e. The molecule has 2 fully saturated rings. The summed E-state index contributed by atoms with van der Waals surface area (Å²) in [5.41, 5.74) is 2.30. The zero-order valence-electron chi connectivity index (χ0n) is 19.4. The third-order valence-corrected chi connectivity index (χ3v) is 6.61. The monoisotopic (exact) mass is 439 g/mol. The van der Waals surface area contributed by atoms with E-state index in [9.17, 15) is 4.79 Å². The second-order valence-corrected chi connectivity index (χ2v) is 9.53. The Morgan fingerprint density at radius 3 is 2.72 bits per heavy atom. The highest BCUT2D eigenvalue weighted by Gasteiger charge is 2.28. The Bertz CT molecular complexity index is 845. The van der Waals surface area contributed by atoms with E-state index in [1.165, 1.54) is 5.69 Å². The van der Waals surface area contributed by atoms with Gasteiger partial charge in [-0.3, -0.25) is 9.69 Å². The summed E-state index contributed by atoms with van der Waals surface area (Å²) in [6, 6.07) is 12.9. The molecule has 0 aliphatic carbocycles. The SMILES string of the molecule is CC(C)NC(=O)CC1CCNCC1Cc1cc(CN2CCN(c3ccccc3)CC2)on1. The van der Waals surface area contributed by atoms with Crippen LogP contribution in [0.15, 0.2) is 40.9 Å². The van der Waals surface area contributed by atoms with Gasteiger partial charge in [-0.2, -0.15) is 0 Å². The highest BCUT2D eigenvalue weighted by Crippen LogP contribution is 2.26. The molecular formula is C25H37N5O2. The maximum absolute atomic E-state index is 12.3. The van der Waals surface area contributed by atoms with Crippen LogP contribution in [0.1, 0.15) is 38.1 Å². The van der Waals surface area contributed by atoms with Crippen LogP contribution in [0.25, 0.3) is 0 Å². The van der Waals surface area contributed by atoms with Crippen molar-refractivity contribution in [1.82, 2.24) is 20.7 Å². The molecule has 3 heterocycles. The van der Waals surface area contributed by atoms with E-state index in [4.69, 9.17) is 4.52 Å². The molecule has 2 aromatic rings. The zero-order chi connectivity index (χ0) is 22.3. The number of nitrogens with zero attached hydrogens (tertiary/aromatic N) is 3. The van der Waals surface area contributed by atoms with E-state index >= 15 is 0 Å². The van der Waals surface area contributed by atoms with Crippen molar-refractivity contribution in [3.05, 3.63) is 47.9 Å². The van der Waals surface area contributed by atoms with Crippen molar-refractivity contribution < 1.29 is 9.32 Å². The predicted octanol–water partition coefficient (Wildman–Crippen LogP) is 2.68. The summed E-state index contributed by atoms with van der Waals surface area (Å²) in [5.74, 6) is 1.90. The lowest BCUT2D eigenvalue weighted by Gasteiger charge is -2.35. The lowest BCUT2D eigenvalue weighted by Crippen LogP contribution is -2.45. The number of carbonyl (C=O) groups excluding carboxylic acids is 1. The maximum atomic E-state index is 12.3. The van der Waals surface area contributed by atoms with E-state index in [2.05, 4.69) is 62.0 Å². The molecule has 4 rings (SSSR count). The van der Waals surface area contributed by atoms with Crippen LogP contribution in [0.3, 0.4) is 0 Å². The molecule has 1 amide bonds. The van der Waals surface area contributed by atoms with Gasteiger partial charge < -0.3 is 20.1 Å². The molecule has 1 aromatic heterocycles. The fourth-order valence-electron chi connectivity index (χ4n) is 4.92. The number of piperazine rings is 1. The first-order valence-corrected chi connectivity index (χ1v) is 12.0. The molecule has 1 aromatic carbocycles. The molecular weight excluding hydrogens is 402 g/mol. The third-order valence-electron chi connectivity index (χ3n) is 6.61. The molecule has 2 unspecified atom stereocenters. The van der Waals surface area contributed by atoms with Crippen molar-refractivity contribution in [3.8, 4) is 0 Å². The molecule has 2 aliphatic rings. The topological polar surface area (TPSA) is 73.6 Å². The van der Waals surface area contributed by atoms with Gasteiger partial charge in [-0.05, 0) is 63.7 Å². The normalized spacial score (nSPS) is 22.3. The molecule has 2 aliphatic heterocycles. The minimum absolute atomic E-state index is 0.160. The lowest BCUT2D eigenvalue weighted by atomic mass is 9.81. The van der Waals surface area contributed by atoms with Crippen LogP contribution in [0.5, 0.6) is 0 Å². The highest BCUT2D eigenvalue weighted by atomic mass is 16.5. The van der Waals surface area contributed by atoms with Gasteiger partial charge in [-0.15, -0.1) is 0 Å². The fourth-order valence-corrected chi connectivity index (χ4v) is 4.92. The van der Waals surface area contributed by atoms with Crippen LogP contribution in [-0.2, 0) is 17.8 Å². The molecule has 174 valence electrons. The number of benzene rings is 1. The van der Waals surface area contributed by atoms with Gasteiger partial charge in [-0.25, -0.2) is 0 Å². The fraction of sp³-hybridized carbons (Fsp3) is 0.600. The van der Waals surface area contributed by atoms with E-state index < -0.39 is 0 Å². The number of anilines is 1. The van der Waals surface area contributed by atoms with E-state index in [0.717, 1.165) is 70.1 Å². The van der Waals surface area contributed by atoms with Crippen LogP contribution >= 0.6 is 0 Å². The van der Waals surface area contributed by atoms with Crippen molar-refractivity contribution in [1.29, 1.82) is 0 Å². The number of nitrogens with one attached hydrogen (secondary N) is 2. The summed E-state index contributed by atoms with van der Waals surface area (Å²) in [6.07, 6.45) is 2.49. The number of para-hydroxylation sites is 1. The van der Waals surface area contributed by atoms with E-state index in [1.54, 1.807) is 0 Å². The summed E-state index contributed by atoms with van der Waals surface area (Å²) in [4.78, 5) is 17.2. The maximum Gasteiger partial charge on any atom is 0.220 e. The number of hydrogen-bond acceptors (Lipinski definition) is 6. The molecule has 0 spiro atoms. The number of rotatable bonds is 8. The van der Waals surface area contributed by atoms with Crippen molar-refractivity contribution in [2.24, 2.45) is 11.8 Å². The first-order chi connectivity index (χ1) is 15.6. The second-order valence-electron chi connectivity index (χ2n) is 9.53. The summed E-state index contributed by atoms with van der Waals surface area (Å²) < 4.78 is 5.68. The first-order valence-electron chi connectivity index (χ1n) is 12.0. The average molecular weight is 440 g/mol. The molecule has 2 N–H and O–H groups in total. The Hall–Kier alpha value is -2.38. The summed E-state index contributed by atoms with van der Waals surface area (Å²) >= 11 is 0. The van der Waals surface area contributed by atoms with Crippen LogP contribution in [0, 0.1) is 11.8 Å². The number of amides is 1. The standard InChI is InChI=1S/C25H37N5O2/c1-19(2)27-25(31)15-20-8-9-26-17-21(20)14-22-16-24(32-28-22)18-29-10-12-30(13-11-29)23-6-4-3-5-7-23/h3-7,16,19-21,26H,8-15,17-18H2,1-2H3,(H,27,31). The molecule has 7 nitrogen and oxygen atoms in total. The molecule has 2 atom stereocenters. The van der Waals surface area contributed by atoms with Gasteiger partial charge in [-0.1, -0.05) is 23.4 Å². The predicted molar refractivity (Wildman–Crippen MR) is 127 cm³/mol. The van der Waals surface area contributed by atoms with Gasteiger partial charge in [0, 0.05) is 50.4 Å². The van der Waals surface area contributed by atoms with Crippen molar-refractivity contribution in [3.63, 3.8) is 0 Å². The first kappa shape index (κ1) is 22.8. The number of hydrogen-bond donors (Lipinski definition) is 2. The minimum atomic E-state index is 0.160. The van der Waals surface area contributed by atoms with E-state index in [0.29, 0.717) is 18.3 Å². The molecule has 0 saturated carbocycles. The Labute approximate surface area is 191 Å². The molecule has 7 heteroatoms. The Kier molecular flexibility index (Phi) is 7.81.